The molecule has 0 radical (unpaired) electrons. The second-order valence-electron chi connectivity index (χ2n) is 8.29. The van der Waals surface area contributed by atoms with Crippen molar-refractivity contribution in [1.82, 2.24) is 14.9 Å². The van der Waals surface area contributed by atoms with Gasteiger partial charge in [-0.05, 0) is 67.4 Å². The summed E-state index contributed by atoms with van der Waals surface area (Å²) in [5, 5.41) is 4.29. The van der Waals surface area contributed by atoms with Gasteiger partial charge in [-0.1, -0.05) is 35.3 Å². The second-order valence-corrected chi connectivity index (χ2v) is 10.8. The van der Waals surface area contributed by atoms with E-state index in [9.17, 15) is 13.2 Å². The van der Waals surface area contributed by atoms with Crippen LogP contribution >= 0.6 is 23.2 Å². The van der Waals surface area contributed by atoms with Gasteiger partial charge < -0.3 is 10.2 Å². The highest BCUT2D eigenvalue weighted by atomic mass is 35.5. The predicted molar refractivity (Wildman–Crippen MR) is 122 cm³/mol. The number of hydrogen-bond donors (Lipinski definition) is 2. The first-order chi connectivity index (χ1) is 14.7. The summed E-state index contributed by atoms with van der Waals surface area (Å²) in [5.41, 5.74) is 2.83. The van der Waals surface area contributed by atoms with Crippen molar-refractivity contribution in [3.05, 3.63) is 63.1 Å². The molecule has 2 aromatic rings. The van der Waals surface area contributed by atoms with Crippen LogP contribution in [-0.2, 0) is 21.4 Å². The van der Waals surface area contributed by atoms with Gasteiger partial charge in [0.15, 0.2) is 0 Å². The monoisotopic (exact) mass is 481 g/mol. The van der Waals surface area contributed by atoms with E-state index in [0.29, 0.717) is 36.1 Å². The van der Waals surface area contributed by atoms with Crippen molar-refractivity contribution in [2.45, 2.75) is 30.2 Å². The molecule has 0 aromatic heterocycles. The highest BCUT2D eigenvalue weighted by molar-refractivity contribution is 7.90. The minimum absolute atomic E-state index is 0.0741. The third kappa shape index (κ3) is 4.91. The van der Waals surface area contributed by atoms with Crippen molar-refractivity contribution < 1.29 is 13.2 Å². The molecular formula is C22H25Cl2N3O3S. The van der Waals surface area contributed by atoms with Gasteiger partial charge in [-0.25, -0.2) is 13.1 Å². The van der Waals surface area contributed by atoms with Gasteiger partial charge in [0.2, 0.25) is 5.91 Å². The molecule has 2 atom stereocenters. The van der Waals surface area contributed by atoms with Crippen LogP contribution in [0, 0.1) is 5.92 Å². The fraction of sp³-hybridized carbons (Fsp3) is 0.409. The number of carbonyl (C=O) groups excluding carboxylic acids is 1. The Morgan fingerprint density at radius 3 is 2.77 bits per heavy atom. The van der Waals surface area contributed by atoms with Gasteiger partial charge in [0.05, 0.1) is 10.8 Å². The fourth-order valence-electron chi connectivity index (χ4n) is 4.38. The number of nitrogens with zero attached hydrogens (tertiary/aromatic N) is 1. The van der Waals surface area contributed by atoms with E-state index in [2.05, 4.69) is 14.9 Å². The molecule has 31 heavy (non-hydrogen) atoms. The number of piperidine rings is 1. The lowest BCUT2D eigenvalue weighted by atomic mass is 9.85. The maximum absolute atomic E-state index is 12.9. The molecule has 2 unspecified atom stereocenters. The van der Waals surface area contributed by atoms with Gasteiger partial charge in [-0.3, -0.25) is 4.79 Å². The summed E-state index contributed by atoms with van der Waals surface area (Å²) in [7, 11) is -1.97. The zero-order valence-electron chi connectivity index (χ0n) is 17.2. The lowest BCUT2D eigenvalue weighted by Gasteiger charge is -2.33. The molecule has 2 aromatic carbocycles. The van der Waals surface area contributed by atoms with Crippen LogP contribution in [0.2, 0.25) is 10.0 Å². The Morgan fingerprint density at radius 1 is 1.23 bits per heavy atom. The molecule has 1 saturated heterocycles. The smallest absolute Gasteiger partial charge is 0.264 e. The molecule has 0 saturated carbocycles. The summed E-state index contributed by atoms with van der Waals surface area (Å²) < 4.78 is 28.1. The summed E-state index contributed by atoms with van der Waals surface area (Å²) in [4.78, 5) is 14.7. The van der Waals surface area contributed by atoms with Crippen molar-refractivity contribution in [3.8, 4) is 0 Å². The molecule has 2 heterocycles. The van der Waals surface area contributed by atoms with E-state index >= 15 is 0 Å². The average molecular weight is 482 g/mol. The number of fused-ring (bicyclic) bond motifs is 1. The van der Waals surface area contributed by atoms with Crippen molar-refractivity contribution >= 4 is 39.1 Å². The van der Waals surface area contributed by atoms with E-state index in [0.717, 1.165) is 29.7 Å². The minimum atomic E-state index is -3.97. The topological polar surface area (TPSA) is 78.5 Å². The largest absolute Gasteiger partial charge is 0.316 e. The minimum Gasteiger partial charge on any atom is -0.316 e. The first-order valence-corrected chi connectivity index (χ1v) is 12.5. The first-order valence-electron chi connectivity index (χ1n) is 10.3. The van der Waals surface area contributed by atoms with Crippen LogP contribution in [0.15, 0.2) is 41.3 Å². The molecule has 0 aliphatic carbocycles. The molecule has 2 aliphatic rings. The third-order valence-corrected chi connectivity index (χ3v) is 7.87. The van der Waals surface area contributed by atoms with Gasteiger partial charge >= 0.3 is 0 Å². The molecule has 0 spiro atoms. The Bertz CT molecular complexity index is 1100. The van der Waals surface area contributed by atoms with Gasteiger partial charge in [-0.2, -0.15) is 0 Å². The molecule has 1 fully saturated rings. The van der Waals surface area contributed by atoms with Crippen molar-refractivity contribution in [2.24, 2.45) is 5.92 Å². The normalized spacial score (nSPS) is 22.0. The molecular weight excluding hydrogens is 457 g/mol. The Kier molecular flexibility index (Phi) is 6.60. The van der Waals surface area contributed by atoms with E-state index in [1.165, 1.54) is 6.07 Å². The summed E-state index contributed by atoms with van der Waals surface area (Å²) in [6, 6.07) is 10.4. The van der Waals surface area contributed by atoms with E-state index in [1.807, 2.05) is 19.2 Å². The maximum Gasteiger partial charge on any atom is 0.264 e. The fourth-order valence-corrected chi connectivity index (χ4v) is 6.05. The number of benzene rings is 2. The van der Waals surface area contributed by atoms with E-state index in [-0.39, 0.29) is 16.7 Å². The van der Waals surface area contributed by atoms with Crippen LogP contribution in [0.25, 0.3) is 0 Å². The number of sulfonamides is 1. The average Bonchev–Trinajstić information content (AvgIpc) is 2.74. The van der Waals surface area contributed by atoms with Crippen molar-refractivity contribution in [3.63, 3.8) is 0 Å². The lowest BCUT2D eigenvalue weighted by molar-refractivity contribution is -0.123. The van der Waals surface area contributed by atoms with Gasteiger partial charge in [0.25, 0.3) is 10.0 Å². The van der Waals surface area contributed by atoms with Crippen LogP contribution < -0.4 is 10.0 Å². The number of halogens is 2. The molecule has 0 bridgehead atoms. The lowest BCUT2D eigenvalue weighted by Crippen LogP contribution is -2.42. The summed E-state index contributed by atoms with van der Waals surface area (Å²) in [6.07, 6.45) is 1.54. The highest BCUT2D eigenvalue weighted by Crippen LogP contribution is 2.38. The number of amides is 1. The van der Waals surface area contributed by atoms with Crippen LogP contribution in [0.1, 0.15) is 35.4 Å². The zero-order chi connectivity index (χ0) is 22.2. The third-order valence-electron chi connectivity index (χ3n) is 5.97. The van der Waals surface area contributed by atoms with Crippen LogP contribution in [0.3, 0.4) is 0 Å². The molecule has 9 heteroatoms. The SMILES string of the molecule is CN1Cc2c(Cl)cc(Cl)cc2C(c2cccc(S(=O)(=O)NC(=O)C3CCCNC3)c2)C1. The number of hydrogen-bond acceptors (Lipinski definition) is 5. The Labute approximate surface area is 193 Å². The second kappa shape index (κ2) is 9.08. The quantitative estimate of drug-likeness (QED) is 0.699. The Morgan fingerprint density at radius 2 is 2.03 bits per heavy atom. The molecule has 1 amide bonds. The summed E-state index contributed by atoms with van der Waals surface area (Å²) in [6.45, 7) is 2.75. The predicted octanol–water partition coefficient (Wildman–Crippen LogP) is 3.38. The number of likely N-dealkylation sites (N-methyl/N-ethyl adjacent to an activating group) is 1. The molecule has 6 nitrogen and oxygen atoms in total. The molecule has 4 rings (SSSR count). The van der Waals surface area contributed by atoms with E-state index in [4.69, 9.17) is 23.2 Å². The van der Waals surface area contributed by atoms with Gasteiger partial charge in [0, 0.05) is 35.6 Å². The maximum atomic E-state index is 12.9. The summed E-state index contributed by atoms with van der Waals surface area (Å²) >= 11 is 12.7. The molecule has 166 valence electrons. The number of carbonyl (C=O) groups is 1. The van der Waals surface area contributed by atoms with E-state index in [1.54, 1.807) is 18.2 Å². The van der Waals surface area contributed by atoms with E-state index < -0.39 is 15.9 Å². The van der Waals surface area contributed by atoms with Crippen LogP contribution in [0.5, 0.6) is 0 Å². The Hall–Kier alpha value is -1.64. The highest BCUT2D eigenvalue weighted by Gasteiger charge is 2.29. The number of nitrogens with one attached hydrogen (secondary N) is 2. The standard InChI is InChI=1S/C22H25Cl2N3O3S/c1-27-12-19(18-9-16(23)10-21(24)20(18)13-27)14-4-2-6-17(8-14)31(29,30)26-22(28)15-5-3-7-25-11-15/h2,4,6,8-10,15,19,25H,3,5,7,11-13H2,1H3,(H,26,28). The van der Waals surface area contributed by atoms with Gasteiger partial charge in [0.1, 0.15) is 0 Å². The zero-order valence-corrected chi connectivity index (χ0v) is 19.5. The number of rotatable bonds is 4. The Balaban J connectivity index is 1.64. The first kappa shape index (κ1) is 22.6. The van der Waals surface area contributed by atoms with Crippen molar-refractivity contribution in [1.29, 1.82) is 0 Å². The summed E-state index contributed by atoms with van der Waals surface area (Å²) in [5.74, 6) is -0.882. The van der Waals surface area contributed by atoms with Crippen LogP contribution in [-0.4, -0.2) is 45.9 Å². The molecule has 2 aliphatic heterocycles. The van der Waals surface area contributed by atoms with Crippen molar-refractivity contribution in [2.75, 3.05) is 26.7 Å². The molecule has 2 N–H and O–H groups in total. The van der Waals surface area contributed by atoms with Crippen LogP contribution in [0.4, 0.5) is 0 Å². The van der Waals surface area contributed by atoms with Gasteiger partial charge in [-0.15, -0.1) is 0 Å².